The predicted octanol–water partition coefficient (Wildman–Crippen LogP) is 5.44. The molecular weight excluding hydrogens is 260 g/mol. The summed E-state index contributed by atoms with van der Waals surface area (Å²) in [5.41, 5.74) is 2.91. The lowest BCUT2D eigenvalue weighted by Crippen LogP contribution is -2.16. The lowest BCUT2D eigenvalue weighted by molar-refractivity contribution is 0.542. The van der Waals surface area contributed by atoms with Gasteiger partial charge in [-0.25, -0.2) is 0 Å². The molecule has 1 aromatic rings. The number of benzene rings is 1. The van der Waals surface area contributed by atoms with E-state index in [9.17, 15) is 0 Å². The average Bonchev–Trinajstić information content (AvgIpc) is 2.38. The van der Waals surface area contributed by atoms with E-state index in [0.29, 0.717) is 5.92 Å². The SMILES string of the molecule is C[Si](C)Oc1cc(C(C)(C)C)ccc1[C@@H]1C=CCCC1. The minimum atomic E-state index is -0.732. The van der Waals surface area contributed by atoms with E-state index >= 15 is 0 Å². The normalized spacial score (nSPS) is 19.4. The summed E-state index contributed by atoms with van der Waals surface area (Å²) in [5, 5.41) is 0. The van der Waals surface area contributed by atoms with Crippen LogP contribution in [0.25, 0.3) is 0 Å². The van der Waals surface area contributed by atoms with Gasteiger partial charge in [0, 0.05) is 5.92 Å². The summed E-state index contributed by atoms with van der Waals surface area (Å²) >= 11 is 0. The lowest BCUT2D eigenvalue weighted by Gasteiger charge is -2.25. The molecule has 0 saturated heterocycles. The zero-order valence-corrected chi connectivity index (χ0v) is 14.5. The molecule has 1 aliphatic carbocycles. The first-order valence-electron chi connectivity index (χ1n) is 7.67. The first-order valence-corrected chi connectivity index (χ1v) is 10.1. The smallest absolute Gasteiger partial charge is 0.274 e. The van der Waals surface area contributed by atoms with Gasteiger partial charge in [-0.2, -0.15) is 0 Å². The van der Waals surface area contributed by atoms with Crippen LogP contribution < -0.4 is 4.43 Å². The van der Waals surface area contributed by atoms with Crippen LogP contribution in [0.15, 0.2) is 30.4 Å². The van der Waals surface area contributed by atoms with Crippen molar-refractivity contribution in [2.45, 2.75) is 64.5 Å². The third-order valence-corrected chi connectivity index (χ3v) is 4.48. The highest BCUT2D eigenvalue weighted by Crippen LogP contribution is 2.37. The number of allylic oxidation sites excluding steroid dienone is 2. The maximum absolute atomic E-state index is 6.20. The Morgan fingerprint density at radius 1 is 1.20 bits per heavy atom. The van der Waals surface area contributed by atoms with Gasteiger partial charge >= 0.3 is 0 Å². The molecule has 0 aromatic heterocycles. The Kier molecular flexibility index (Phi) is 4.74. The fourth-order valence-corrected chi connectivity index (χ4v) is 3.30. The summed E-state index contributed by atoms with van der Waals surface area (Å²) in [5.74, 6) is 1.65. The molecule has 0 spiro atoms. The minimum absolute atomic E-state index is 0.174. The van der Waals surface area contributed by atoms with Crippen molar-refractivity contribution in [3.63, 3.8) is 0 Å². The Morgan fingerprint density at radius 3 is 2.50 bits per heavy atom. The third-order valence-electron chi connectivity index (χ3n) is 3.85. The summed E-state index contributed by atoms with van der Waals surface area (Å²) < 4.78 is 6.20. The van der Waals surface area contributed by atoms with Gasteiger partial charge in [-0.3, -0.25) is 0 Å². The molecule has 0 fully saturated rings. The molecular formula is C18H27OSi. The molecule has 0 heterocycles. The molecule has 0 amide bonds. The van der Waals surface area contributed by atoms with Crippen LogP contribution in [0.1, 0.15) is 57.1 Å². The second kappa shape index (κ2) is 6.17. The van der Waals surface area contributed by atoms with E-state index in [-0.39, 0.29) is 5.41 Å². The van der Waals surface area contributed by atoms with E-state index in [0.717, 1.165) is 5.75 Å². The first-order chi connectivity index (χ1) is 9.38. The molecule has 2 rings (SSSR count). The van der Waals surface area contributed by atoms with Crippen molar-refractivity contribution in [3.8, 4) is 5.75 Å². The molecule has 0 saturated carbocycles. The van der Waals surface area contributed by atoms with E-state index in [2.05, 4.69) is 64.2 Å². The number of rotatable bonds is 3. The van der Waals surface area contributed by atoms with Gasteiger partial charge in [-0.05, 0) is 55.0 Å². The van der Waals surface area contributed by atoms with Crippen LogP contribution in [0.4, 0.5) is 0 Å². The predicted molar refractivity (Wildman–Crippen MR) is 89.0 cm³/mol. The van der Waals surface area contributed by atoms with Crippen LogP contribution in [0, 0.1) is 0 Å². The van der Waals surface area contributed by atoms with Crippen LogP contribution in [0.5, 0.6) is 5.75 Å². The zero-order valence-electron chi connectivity index (χ0n) is 13.5. The van der Waals surface area contributed by atoms with Crippen LogP contribution in [0.3, 0.4) is 0 Å². The lowest BCUT2D eigenvalue weighted by atomic mass is 9.83. The van der Waals surface area contributed by atoms with Gasteiger partial charge in [0.1, 0.15) is 5.75 Å². The van der Waals surface area contributed by atoms with Crippen molar-refractivity contribution in [1.82, 2.24) is 0 Å². The molecule has 1 atom stereocenters. The molecule has 1 radical (unpaired) electrons. The van der Waals surface area contributed by atoms with Crippen molar-refractivity contribution >= 4 is 9.04 Å². The highest BCUT2D eigenvalue weighted by atomic mass is 28.3. The van der Waals surface area contributed by atoms with Gasteiger partial charge in [-0.15, -0.1) is 0 Å². The molecule has 0 N–H and O–H groups in total. The molecule has 20 heavy (non-hydrogen) atoms. The van der Waals surface area contributed by atoms with Crippen molar-refractivity contribution < 1.29 is 4.43 Å². The highest BCUT2D eigenvalue weighted by Gasteiger charge is 2.20. The topological polar surface area (TPSA) is 9.23 Å². The molecule has 0 bridgehead atoms. The summed E-state index contributed by atoms with van der Waals surface area (Å²) in [7, 11) is -0.732. The Bertz CT molecular complexity index is 483. The number of hydrogen-bond donors (Lipinski definition) is 0. The average molecular weight is 287 g/mol. The van der Waals surface area contributed by atoms with Gasteiger partial charge in [0.25, 0.3) is 9.04 Å². The van der Waals surface area contributed by atoms with Gasteiger partial charge in [0.05, 0.1) is 0 Å². The Balaban J connectivity index is 2.39. The van der Waals surface area contributed by atoms with Gasteiger partial charge < -0.3 is 4.43 Å². The van der Waals surface area contributed by atoms with Crippen molar-refractivity contribution in [3.05, 3.63) is 41.5 Å². The standard InChI is InChI=1S/C18H27OSi/c1-18(2,3)15-11-12-16(14-9-7-6-8-10-14)17(13-15)19-20(4)5/h7,9,11-14H,6,8,10H2,1-5H3/t14-/m1/s1. The highest BCUT2D eigenvalue weighted by molar-refractivity contribution is 6.49. The zero-order chi connectivity index (χ0) is 14.8. The van der Waals surface area contributed by atoms with E-state index in [1.54, 1.807) is 0 Å². The Hall–Kier alpha value is -1.02. The molecule has 0 unspecified atom stereocenters. The van der Waals surface area contributed by atoms with Crippen LogP contribution in [-0.4, -0.2) is 9.04 Å². The van der Waals surface area contributed by atoms with Crippen molar-refractivity contribution in [2.75, 3.05) is 0 Å². The third kappa shape index (κ3) is 3.75. The van der Waals surface area contributed by atoms with Crippen molar-refractivity contribution in [1.29, 1.82) is 0 Å². The van der Waals surface area contributed by atoms with Crippen LogP contribution in [-0.2, 0) is 5.41 Å². The summed E-state index contributed by atoms with van der Waals surface area (Å²) in [6, 6.07) is 6.85. The van der Waals surface area contributed by atoms with E-state index < -0.39 is 9.04 Å². The molecule has 109 valence electrons. The number of hydrogen-bond acceptors (Lipinski definition) is 1. The second-order valence-corrected chi connectivity index (χ2v) is 9.00. The fourth-order valence-electron chi connectivity index (χ4n) is 2.69. The van der Waals surface area contributed by atoms with Gasteiger partial charge in [-0.1, -0.05) is 45.1 Å². The van der Waals surface area contributed by atoms with E-state index in [4.69, 9.17) is 4.43 Å². The summed E-state index contributed by atoms with van der Waals surface area (Å²) in [6.07, 6.45) is 8.44. The first kappa shape index (κ1) is 15.4. The Morgan fingerprint density at radius 2 is 1.95 bits per heavy atom. The quantitative estimate of drug-likeness (QED) is 0.531. The molecule has 1 nitrogen and oxygen atoms in total. The molecule has 2 heteroatoms. The maximum atomic E-state index is 6.20. The van der Waals surface area contributed by atoms with Crippen LogP contribution >= 0.6 is 0 Å². The monoisotopic (exact) mass is 287 g/mol. The maximum Gasteiger partial charge on any atom is 0.274 e. The van der Waals surface area contributed by atoms with Crippen LogP contribution in [0.2, 0.25) is 13.1 Å². The van der Waals surface area contributed by atoms with E-state index in [1.807, 2.05) is 0 Å². The second-order valence-electron chi connectivity index (χ2n) is 6.98. The van der Waals surface area contributed by atoms with E-state index in [1.165, 1.54) is 30.4 Å². The summed E-state index contributed by atoms with van der Waals surface area (Å²) in [6.45, 7) is 11.2. The fraction of sp³-hybridized carbons (Fsp3) is 0.556. The van der Waals surface area contributed by atoms with Gasteiger partial charge in [0.15, 0.2) is 0 Å². The minimum Gasteiger partial charge on any atom is -0.542 e. The van der Waals surface area contributed by atoms with Crippen molar-refractivity contribution in [2.24, 2.45) is 0 Å². The van der Waals surface area contributed by atoms with Gasteiger partial charge in [0.2, 0.25) is 0 Å². The molecule has 1 aromatic carbocycles. The molecule has 1 aliphatic rings. The Labute approximate surface area is 125 Å². The largest absolute Gasteiger partial charge is 0.542 e. The molecule has 0 aliphatic heterocycles. The summed E-state index contributed by atoms with van der Waals surface area (Å²) in [4.78, 5) is 0.